The van der Waals surface area contributed by atoms with Crippen LogP contribution < -0.4 is 0 Å². The average Bonchev–Trinajstić information content (AvgIpc) is 3.15. The van der Waals surface area contributed by atoms with Crippen molar-refractivity contribution in [2.24, 2.45) is 0 Å². The molecule has 0 saturated heterocycles. The Hall–Kier alpha value is -2.52. The first kappa shape index (κ1) is 53.5. The molecule has 0 aliphatic carbocycles. The summed E-state index contributed by atoms with van der Waals surface area (Å²) in [7, 11) is 1.59. The molecule has 2 N–H and O–H groups in total. The van der Waals surface area contributed by atoms with Gasteiger partial charge in [0.15, 0.2) is 6.10 Å². The predicted octanol–water partition coefficient (Wildman–Crippen LogP) is 11.8. The monoisotopic (exact) mass is 807 g/mol. The topological polar surface area (TPSA) is 112 Å². The Morgan fingerprint density at radius 2 is 1.27 bits per heavy atom. The number of hydrogen-bond acceptors (Lipinski definition) is 7. The van der Waals surface area contributed by atoms with Crippen molar-refractivity contribution in [2.75, 3.05) is 47.5 Å². The van der Waals surface area contributed by atoms with E-state index in [2.05, 4.69) is 44.2 Å². The van der Waals surface area contributed by atoms with Crippen LogP contribution in [0.25, 0.3) is 0 Å². The molecule has 322 valence electrons. The number of esters is 1. The lowest BCUT2D eigenvalue weighted by atomic mass is 10.1. The molecule has 0 heterocycles. The van der Waals surface area contributed by atoms with Gasteiger partial charge in [-0.2, -0.15) is 0 Å². The van der Waals surface area contributed by atoms with Gasteiger partial charge in [-0.1, -0.05) is 132 Å². The molecular formula is C46H81NO8P+. The Labute approximate surface area is 342 Å². The molecule has 2 unspecified atom stereocenters. The maximum absolute atomic E-state index is 12.5. The van der Waals surface area contributed by atoms with Gasteiger partial charge in [0.1, 0.15) is 19.8 Å². The van der Waals surface area contributed by atoms with E-state index in [0.717, 1.165) is 51.4 Å². The molecule has 9 nitrogen and oxygen atoms in total. The minimum Gasteiger partial charge on any atom is -0.492 e. The molecular weight excluding hydrogens is 725 g/mol. The number of quaternary nitrogens is 1. The van der Waals surface area contributed by atoms with Crippen molar-refractivity contribution in [3.8, 4) is 0 Å². The summed E-state index contributed by atoms with van der Waals surface area (Å²) < 4.78 is 34.6. The molecule has 10 heteroatoms. The lowest BCUT2D eigenvalue weighted by Gasteiger charge is -2.24. The molecule has 56 heavy (non-hydrogen) atoms. The Morgan fingerprint density at radius 1 is 0.679 bits per heavy atom. The number of aliphatic hydroxyl groups is 1. The van der Waals surface area contributed by atoms with E-state index < -0.39 is 20.0 Å². The highest BCUT2D eigenvalue weighted by atomic mass is 31.2. The number of unbranched alkanes of at least 4 members (excludes halogenated alkanes) is 12. The predicted molar refractivity (Wildman–Crippen MR) is 234 cm³/mol. The highest BCUT2D eigenvalue weighted by Gasteiger charge is 2.25. The number of allylic oxidation sites excluding steroid dienone is 11. The normalized spacial score (nSPS) is 15.1. The van der Waals surface area contributed by atoms with Crippen LogP contribution in [0.1, 0.15) is 142 Å². The number of phosphoric acid groups is 1. The first-order valence-corrected chi connectivity index (χ1v) is 23.0. The highest BCUT2D eigenvalue weighted by molar-refractivity contribution is 7.47. The van der Waals surface area contributed by atoms with Gasteiger partial charge in [0, 0.05) is 6.42 Å². The Bertz CT molecular complexity index is 1180. The zero-order valence-electron chi connectivity index (χ0n) is 35.9. The summed E-state index contributed by atoms with van der Waals surface area (Å²) in [5.41, 5.74) is 0. The first-order valence-electron chi connectivity index (χ1n) is 21.5. The van der Waals surface area contributed by atoms with E-state index in [4.69, 9.17) is 18.5 Å². The fraction of sp³-hybridized carbons (Fsp3) is 0.674. The zero-order valence-corrected chi connectivity index (χ0v) is 36.8. The quantitative estimate of drug-likeness (QED) is 0.0121. The van der Waals surface area contributed by atoms with Crippen molar-refractivity contribution < 1.29 is 42.4 Å². The van der Waals surface area contributed by atoms with Crippen LogP contribution in [0.5, 0.6) is 0 Å². The van der Waals surface area contributed by atoms with Gasteiger partial charge in [-0.3, -0.25) is 13.8 Å². The number of aliphatic hydroxyl groups excluding tert-OH is 1. The van der Waals surface area contributed by atoms with Gasteiger partial charge >= 0.3 is 13.8 Å². The summed E-state index contributed by atoms with van der Waals surface area (Å²) in [6.45, 7) is 4.59. The van der Waals surface area contributed by atoms with Crippen molar-refractivity contribution in [1.29, 1.82) is 0 Å². The molecule has 0 aromatic rings. The van der Waals surface area contributed by atoms with Crippen LogP contribution in [-0.4, -0.2) is 80.2 Å². The second-order valence-electron chi connectivity index (χ2n) is 15.2. The van der Waals surface area contributed by atoms with E-state index in [9.17, 15) is 19.4 Å². The SMILES string of the molecule is CC/C=C\C/C=C\CC(O)/C=C/C=C\C/C=C\CCCC(=O)OC[C@H](COP(=O)(O)OCC[N+](C)(C)C)O/C=C/CCCCCC/C=C\CCCCCCCC. The van der Waals surface area contributed by atoms with E-state index in [1.165, 1.54) is 57.8 Å². The number of ether oxygens (including phenoxy) is 2. The zero-order chi connectivity index (χ0) is 41.4. The summed E-state index contributed by atoms with van der Waals surface area (Å²) in [6.07, 6.45) is 47.6. The van der Waals surface area contributed by atoms with Gasteiger partial charge in [0.25, 0.3) is 0 Å². The first-order chi connectivity index (χ1) is 27.0. The van der Waals surface area contributed by atoms with Gasteiger partial charge in [-0.15, -0.1) is 0 Å². The lowest BCUT2D eigenvalue weighted by Crippen LogP contribution is -2.37. The molecule has 0 aliphatic rings. The van der Waals surface area contributed by atoms with E-state index in [0.29, 0.717) is 23.9 Å². The number of rotatable bonds is 38. The summed E-state index contributed by atoms with van der Waals surface area (Å²) in [5.74, 6) is -0.365. The molecule has 0 aliphatic heterocycles. The highest BCUT2D eigenvalue weighted by Crippen LogP contribution is 2.43. The van der Waals surface area contributed by atoms with Crippen LogP contribution in [0.15, 0.2) is 85.3 Å². The van der Waals surface area contributed by atoms with E-state index in [1.807, 2.05) is 63.7 Å². The summed E-state index contributed by atoms with van der Waals surface area (Å²) in [5, 5.41) is 10.0. The molecule has 0 radical (unpaired) electrons. The molecule has 0 saturated carbocycles. The van der Waals surface area contributed by atoms with Crippen LogP contribution in [-0.2, 0) is 27.9 Å². The Kier molecular flexibility index (Phi) is 36.3. The van der Waals surface area contributed by atoms with Crippen molar-refractivity contribution in [3.05, 3.63) is 85.3 Å². The molecule has 0 spiro atoms. The van der Waals surface area contributed by atoms with Gasteiger partial charge in [-0.25, -0.2) is 4.57 Å². The maximum Gasteiger partial charge on any atom is 0.472 e. The third-order valence-electron chi connectivity index (χ3n) is 8.61. The summed E-state index contributed by atoms with van der Waals surface area (Å²) in [4.78, 5) is 22.6. The minimum absolute atomic E-state index is 0.0644. The fourth-order valence-corrected chi connectivity index (χ4v) is 5.92. The second kappa shape index (κ2) is 38.0. The smallest absolute Gasteiger partial charge is 0.472 e. The van der Waals surface area contributed by atoms with Crippen LogP contribution in [0, 0.1) is 0 Å². The molecule has 0 amide bonds. The molecule has 0 aromatic heterocycles. The number of carbonyl (C=O) groups excluding carboxylic acids is 1. The average molecular weight is 807 g/mol. The van der Waals surface area contributed by atoms with Crippen LogP contribution in [0.4, 0.5) is 0 Å². The number of phosphoric ester groups is 1. The fourth-order valence-electron chi connectivity index (χ4n) is 5.18. The van der Waals surface area contributed by atoms with Crippen LogP contribution >= 0.6 is 7.82 Å². The Morgan fingerprint density at radius 3 is 1.95 bits per heavy atom. The molecule has 0 bridgehead atoms. The van der Waals surface area contributed by atoms with E-state index in [-0.39, 0.29) is 32.2 Å². The molecule has 0 rings (SSSR count). The van der Waals surface area contributed by atoms with Crippen molar-refractivity contribution in [2.45, 2.75) is 154 Å². The summed E-state index contributed by atoms with van der Waals surface area (Å²) >= 11 is 0. The third-order valence-corrected chi connectivity index (χ3v) is 9.59. The van der Waals surface area contributed by atoms with E-state index in [1.54, 1.807) is 12.3 Å². The molecule has 0 aromatic carbocycles. The number of carbonyl (C=O) groups is 1. The van der Waals surface area contributed by atoms with Gasteiger partial charge in [0.2, 0.25) is 0 Å². The number of likely N-dealkylation sites (N-methyl/N-ethyl adjacent to an activating group) is 1. The van der Waals surface area contributed by atoms with Crippen molar-refractivity contribution in [3.63, 3.8) is 0 Å². The van der Waals surface area contributed by atoms with Crippen molar-refractivity contribution in [1.82, 2.24) is 0 Å². The lowest BCUT2D eigenvalue weighted by molar-refractivity contribution is -0.870. The third kappa shape index (κ3) is 41.1. The second-order valence-corrected chi connectivity index (χ2v) is 16.7. The van der Waals surface area contributed by atoms with Crippen molar-refractivity contribution >= 4 is 13.8 Å². The number of hydrogen-bond donors (Lipinski definition) is 2. The van der Waals surface area contributed by atoms with Gasteiger partial charge < -0.3 is 24.0 Å². The summed E-state index contributed by atoms with van der Waals surface area (Å²) in [6, 6.07) is 0. The standard InChI is InChI=1S/C46H80NO8P/c1-6-8-10-12-14-15-16-17-18-19-20-21-24-27-31-35-40-52-45(43-55-56(50,51)54-41-39-47(3,4)5)42-53-46(49)38-34-30-26-23-22-25-29-33-37-44(48)36-32-28-13-11-9-7-2/h9,11,17-18,23,25-26,28-29,32-33,35,37,40,44-45,48H,6-8,10,12-16,19-22,24,27,30-31,34,36,38-39,41-43H2,1-5H3/p+1/b11-9-,18-17-,26-23-,29-25-,32-28-,37-33+,40-35+/t44?,45-/m1/s1. The maximum atomic E-state index is 12.5. The van der Waals surface area contributed by atoms with E-state index >= 15 is 0 Å². The van der Waals surface area contributed by atoms with Crippen LogP contribution in [0.2, 0.25) is 0 Å². The van der Waals surface area contributed by atoms with Gasteiger partial charge in [-0.05, 0) is 83.1 Å². The Balaban J connectivity index is 4.50. The molecule has 3 atom stereocenters. The largest absolute Gasteiger partial charge is 0.492 e. The van der Waals surface area contributed by atoms with Gasteiger partial charge in [0.05, 0.1) is 40.1 Å². The molecule has 0 fully saturated rings. The minimum atomic E-state index is -4.30. The van der Waals surface area contributed by atoms with Crippen LogP contribution in [0.3, 0.4) is 0 Å². The number of nitrogens with zero attached hydrogens (tertiary/aromatic N) is 1.